The van der Waals surface area contributed by atoms with Gasteiger partial charge in [-0.05, 0) is 35.6 Å². The minimum Gasteiger partial charge on any atom is -0.377 e. The molecule has 1 aromatic carbocycles. The number of ether oxygens (including phenoxy) is 1. The number of hydrogen-bond acceptors (Lipinski definition) is 2. The van der Waals surface area contributed by atoms with E-state index in [-0.39, 0.29) is 0 Å². The second kappa shape index (κ2) is 5.10. The van der Waals surface area contributed by atoms with E-state index in [0.717, 1.165) is 6.61 Å². The zero-order chi connectivity index (χ0) is 10.5. The molecule has 0 fully saturated rings. The van der Waals surface area contributed by atoms with Gasteiger partial charge in [-0.3, -0.25) is 0 Å². The second-order valence-electron chi connectivity index (χ2n) is 3.31. The maximum atomic E-state index is 5.40. The van der Waals surface area contributed by atoms with Gasteiger partial charge in [-0.1, -0.05) is 24.3 Å². The van der Waals surface area contributed by atoms with Gasteiger partial charge < -0.3 is 4.74 Å². The summed E-state index contributed by atoms with van der Waals surface area (Å²) in [5, 5.41) is 2.10. The van der Waals surface area contributed by atoms with Crippen molar-refractivity contribution >= 4 is 11.3 Å². The van der Waals surface area contributed by atoms with E-state index in [2.05, 4.69) is 41.8 Å². The third kappa shape index (κ3) is 2.67. The van der Waals surface area contributed by atoms with Crippen molar-refractivity contribution in [1.29, 1.82) is 0 Å². The topological polar surface area (TPSA) is 9.23 Å². The lowest BCUT2D eigenvalue weighted by Crippen LogP contribution is -1.91. The first-order valence-electron chi connectivity index (χ1n) is 5.10. The summed E-state index contributed by atoms with van der Waals surface area (Å²) in [6.07, 6.45) is 0. The average molecular weight is 218 g/mol. The van der Waals surface area contributed by atoms with Crippen molar-refractivity contribution in [3.63, 3.8) is 0 Å². The maximum absolute atomic E-state index is 5.40. The van der Waals surface area contributed by atoms with Crippen molar-refractivity contribution < 1.29 is 4.74 Å². The molecule has 0 bridgehead atoms. The molecule has 15 heavy (non-hydrogen) atoms. The lowest BCUT2D eigenvalue weighted by Gasteiger charge is -2.03. The molecule has 2 aromatic rings. The Morgan fingerprint density at radius 2 is 2.13 bits per heavy atom. The van der Waals surface area contributed by atoms with E-state index >= 15 is 0 Å². The van der Waals surface area contributed by atoms with Gasteiger partial charge in [0.2, 0.25) is 0 Å². The van der Waals surface area contributed by atoms with Crippen molar-refractivity contribution in [2.75, 3.05) is 6.61 Å². The lowest BCUT2D eigenvalue weighted by molar-refractivity contribution is 0.134. The Balaban J connectivity index is 2.19. The highest BCUT2D eigenvalue weighted by Crippen LogP contribution is 2.25. The van der Waals surface area contributed by atoms with Crippen LogP contribution in [0.3, 0.4) is 0 Å². The summed E-state index contributed by atoms with van der Waals surface area (Å²) in [7, 11) is 0. The summed E-state index contributed by atoms with van der Waals surface area (Å²) >= 11 is 1.77. The second-order valence-corrected chi connectivity index (χ2v) is 4.26. The van der Waals surface area contributed by atoms with Crippen LogP contribution in [-0.2, 0) is 11.3 Å². The van der Waals surface area contributed by atoms with Crippen LogP contribution in [0.25, 0.3) is 10.4 Å². The zero-order valence-electron chi connectivity index (χ0n) is 8.77. The zero-order valence-corrected chi connectivity index (χ0v) is 9.59. The van der Waals surface area contributed by atoms with E-state index in [1.807, 2.05) is 6.92 Å². The summed E-state index contributed by atoms with van der Waals surface area (Å²) in [5.74, 6) is 0. The molecule has 0 unspecified atom stereocenters. The highest BCUT2D eigenvalue weighted by atomic mass is 32.1. The van der Waals surface area contributed by atoms with Gasteiger partial charge in [-0.15, -0.1) is 11.3 Å². The molecule has 1 aromatic heterocycles. The average Bonchev–Trinajstić information content (AvgIpc) is 2.80. The first-order chi connectivity index (χ1) is 7.40. The van der Waals surface area contributed by atoms with Crippen LogP contribution in [0.2, 0.25) is 0 Å². The van der Waals surface area contributed by atoms with Crippen LogP contribution in [0.15, 0.2) is 41.8 Å². The molecule has 0 amide bonds. The first kappa shape index (κ1) is 10.4. The van der Waals surface area contributed by atoms with Crippen LogP contribution < -0.4 is 0 Å². The van der Waals surface area contributed by atoms with Crippen molar-refractivity contribution in [2.24, 2.45) is 0 Å². The van der Waals surface area contributed by atoms with E-state index in [1.54, 1.807) is 11.3 Å². The van der Waals surface area contributed by atoms with Crippen molar-refractivity contribution in [3.8, 4) is 10.4 Å². The Bertz CT molecular complexity index is 406. The van der Waals surface area contributed by atoms with Gasteiger partial charge in [0, 0.05) is 11.5 Å². The molecule has 0 saturated heterocycles. The van der Waals surface area contributed by atoms with Crippen LogP contribution in [0.5, 0.6) is 0 Å². The van der Waals surface area contributed by atoms with Gasteiger partial charge in [-0.2, -0.15) is 0 Å². The Morgan fingerprint density at radius 3 is 2.87 bits per heavy atom. The van der Waals surface area contributed by atoms with E-state index in [4.69, 9.17) is 4.74 Å². The fourth-order valence-corrected chi connectivity index (χ4v) is 2.20. The van der Waals surface area contributed by atoms with Gasteiger partial charge in [0.15, 0.2) is 0 Å². The molecular formula is C13H14OS. The molecule has 0 aliphatic carbocycles. The van der Waals surface area contributed by atoms with Crippen LogP contribution in [0, 0.1) is 0 Å². The fourth-order valence-electron chi connectivity index (χ4n) is 1.48. The van der Waals surface area contributed by atoms with Crippen LogP contribution in [-0.4, -0.2) is 6.61 Å². The van der Waals surface area contributed by atoms with Crippen molar-refractivity contribution in [3.05, 3.63) is 47.3 Å². The van der Waals surface area contributed by atoms with Gasteiger partial charge >= 0.3 is 0 Å². The van der Waals surface area contributed by atoms with Gasteiger partial charge in [0.05, 0.1) is 6.61 Å². The fraction of sp³-hybridized carbons (Fsp3) is 0.231. The predicted octanol–water partition coefficient (Wildman–Crippen LogP) is 3.95. The first-order valence-corrected chi connectivity index (χ1v) is 5.98. The van der Waals surface area contributed by atoms with E-state index in [0.29, 0.717) is 6.61 Å². The van der Waals surface area contributed by atoms with Crippen molar-refractivity contribution in [1.82, 2.24) is 0 Å². The van der Waals surface area contributed by atoms with Crippen LogP contribution in [0.1, 0.15) is 12.5 Å². The Kier molecular flexibility index (Phi) is 3.54. The highest BCUT2D eigenvalue weighted by Gasteiger charge is 1.99. The molecule has 0 saturated carbocycles. The standard InChI is InChI=1S/C13H14OS/c1-2-14-10-11-5-3-6-12(9-11)13-7-4-8-15-13/h3-9H,2,10H2,1H3. The normalized spacial score (nSPS) is 10.5. The molecule has 1 nitrogen and oxygen atoms in total. The largest absolute Gasteiger partial charge is 0.377 e. The molecule has 0 spiro atoms. The molecule has 0 atom stereocenters. The smallest absolute Gasteiger partial charge is 0.0716 e. The summed E-state index contributed by atoms with van der Waals surface area (Å²) in [5.41, 5.74) is 2.52. The molecule has 2 rings (SSSR count). The monoisotopic (exact) mass is 218 g/mol. The molecule has 0 aliphatic heterocycles. The summed E-state index contributed by atoms with van der Waals surface area (Å²) in [6, 6.07) is 12.7. The molecule has 78 valence electrons. The number of benzene rings is 1. The van der Waals surface area contributed by atoms with E-state index in [9.17, 15) is 0 Å². The Labute approximate surface area is 94.3 Å². The molecule has 0 N–H and O–H groups in total. The molecule has 2 heteroatoms. The third-order valence-corrected chi connectivity index (χ3v) is 3.12. The molecular weight excluding hydrogens is 204 g/mol. The molecule has 1 heterocycles. The van der Waals surface area contributed by atoms with Gasteiger partial charge in [-0.25, -0.2) is 0 Å². The minimum absolute atomic E-state index is 0.704. The van der Waals surface area contributed by atoms with Crippen LogP contribution >= 0.6 is 11.3 Å². The van der Waals surface area contributed by atoms with Gasteiger partial charge in [0.25, 0.3) is 0 Å². The third-order valence-electron chi connectivity index (χ3n) is 2.21. The van der Waals surface area contributed by atoms with Gasteiger partial charge in [0.1, 0.15) is 0 Å². The maximum Gasteiger partial charge on any atom is 0.0716 e. The lowest BCUT2D eigenvalue weighted by atomic mass is 10.1. The van der Waals surface area contributed by atoms with E-state index in [1.165, 1.54) is 16.0 Å². The van der Waals surface area contributed by atoms with Crippen LogP contribution in [0.4, 0.5) is 0 Å². The SMILES string of the molecule is CCOCc1cccc(-c2cccs2)c1. The summed E-state index contributed by atoms with van der Waals surface area (Å²) in [4.78, 5) is 1.31. The van der Waals surface area contributed by atoms with Crippen molar-refractivity contribution in [2.45, 2.75) is 13.5 Å². The molecule has 0 aliphatic rings. The Morgan fingerprint density at radius 1 is 1.20 bits per heavy atom. The van der Waals surface area contributed by atoms with E-state index < -0.39 is 0 Å². The summed E-state index contributed by atoms with van der Waals surface area (Å²) < 4.78 is 5.40. The molecule has 0 radical (unpaired) electrons. The minimum atomic E-state index is 0.704. The number of rotatable bonds is 4. The quantitative estimate of drug-likeness (QED) is 0.755. The number of hydrogen-bond donors (Lipinski definition) is 0. The number of thiophene rings is 1. The Hall–Kier alpha value is -1.12. The predicted molar refractivity (Wildman–Crippen MR) is 65.1 cm³/mol. The highest BCUT2D eigenvalue weighted by molar-refractivity contribution is 7.13. The summed E-state index contributed by atoms with van der Waals surface area (Å²) in [6.45, 7) is 3.49.